The maximum absolute atomic E-state index is 11.8. The van der Waals surface area contributed by atoms with Crippen LogP contribution in [0.3, 0.4) is 0 Å². The standard InChI is InChI=1S/C14H23NO3S/c16-13(17)14(15-11-3-4-11)6-1-2-10(14)5-7-19-12-8-18-9-12/h10-12,15H,1-9H2,(H,16,17). The van der Waals surface area contributed by atoms with Gasteiger partial charge in [0.15, 0.2) is 0 Å². The number of nitrogens with one attached hydrogen (secondary N) is 1. The number of carboxylic acids is 1. The van der Waals surface area contributed by atoms with Crippen LogP contribution >= 0.6 is 11.8 Å². The number of hydrogen-bond donors (Lipinski definition) is 2. The minimum atomic E-state index is -0.627. The molecule has 3 rings (SSSR count). The Hall–Kier alpha value is -0.260. The van der Waals surface area contributed by atoms with Crippen LogP contribution < -0.4 is 5.32 Å². The Labute approximate surface area is 118 Å². The average Bonchev–Trinajstić information content (AvgIpc) is 3.02. The van der Waals surface area contributed by atoms with E-state index in [1.54, 1.807) is 0 Å². The van der Waals surface area contributed by atoms with Crippen molar-refractivity contribution in [1.29, 1.82) is 0 Å². The topological polar surface area (TPSA) is 58.6 Å². The van der Waals surface area contributed by atoms with Gasteiger partial charge in [0.05, 0.1) is 18.5 Å². The molecule has 2 aliphatic carbocycles. The summed E-state index contributed by atoms with van der Waals surface area (Å²) in [4.78, 5) is 11.8. The number of aliphatic carboxylic acids is 1. The smallest absolute Gasteiger partial charge is 0.324 e. The lowest BCUT2D eigenvalue weighted by Gasteiger charge is -2.33. The van der Waals surface area contributed by atoms with Crippen LogP contribution in [-0.2, 0) is 9.53 Å². The fraction of sp³-hybridized carbons (Fsp3) is 0.929. The summed E-state index contributed by atoms with van der Waals surface area (Å²) in [6, 6.07) is 0.462. The first kappa shape index (κ1) is 13.7. The molecule has 0 spiro atoms. The Kier molecular flexibility index (Phi) is 4.06. The molecule has 1 saturated heterocycles. The molecule has 108 valence electrons. The fourth-order valence-electron chi connectivity index (χ4n) is 3.28. The lowest BCUT2D eigenvalue weighted by molar-refractivity contribution is -0.146. The van der Waals surface area contributed by atoms with Gasteiger partial charge in [0, 0.05) is 6.04 Å². The van der Waals surface area contributed by atoms with Gasteiger partial charge in [0.1, 0.15) is 5.54 Å². The van der Waals surface area contributed by atoms with Crippen molar-refractivity contribution in [3.8, 4) is 0 Å². The van der Waals surface area contributed by atoms with Crippen LogP contribution in [-0.4, -0.2) is 46.9 Å². The highest BCUT2D eigenvalue weighted by Crippen LogP contribution is 2.41. The Morgan fingerprint density at radius 3 is 2.74 bits per heavy atom. The monoisotopic (exact) mass is 285 g/mol. The second kappa shape index (κ2) is 5.62. The van der Waals surface area contributed by atoms with Gasteiger partial charge in [-0.15, -0.1) is 0 Å². The van der Waals surface area contributed by atoms with Crippen LogP contribution in [0.15, 0.2) is 0 Å². The number of rotatable bonds is 7. The molecule has 0 aromatic carbocycles. The minimum Gasteiger partial charge on any atom is -0.480 e. The highest BCUT2D eigenvalue weighted by molar-refractivity contribution is 8.00. The van der Waals surface area contributed by atoms with E-state index in [2.05, 4.69) is 5.32 Å². The van der Waals surface area contributed by atoms with E-state index in [1.807, 2.05) is 11.8 Å². The van der Waals surface area contributed by atoms with Crippen LogP contribution in [0.25, 0.3) is 0 Å². The van der Waals surface area contributed by atoms with Gasteiger partial charge in [-0.2, -0.15) is 11.8 Å². The van der Waals surface area contributed by atoms with Gasteiger partial charge in [0.25, 0.3) is 0 Å². The van der Waals surface area contributed by atoms with E-state index in [0.29, 0.717) is 17.2 Å². The van der Waals surface area contributed by atoms with Crippen LogP contribution in [0, 0.1) is 5.92 Å². The highest BCUT2D eigenvalue weighted by Gasteiger charge is 2.51. The van der Waals surface area contributed by atoms with Crippen LogP contribution in [0.1, 0.15) is 38.5 Å². The summed E-state index contributed by atoms with van der Waals surface area (Å²) in [5.74, 6) is 0.748. The second-order valence-corrected chi connectivity index (χ2v) is 7.51. The van der Waals surface area contributed by atoms with Crippen molar-refractivity contribution in [2.24, 2.45) is 5.92 Å². The molecular formula is C14H23NO3S. The first-order valence-electron chi connectivity index (χ1n) is 7.41. The Morgan fingerprint density at radius 1 is 1.37 bits per heavy atom. The van der Waals surface area contributed by atoms with Crippen LogP contribution in [0.4, 0.5) is 0 Å². The number of carbonyl (C=O) groups is 1. The van der Waals surface area contributed by atoms with Gasteiger partial charge >= 0.3 is 5.97 Å². The molecule has 0 amide bonds. The van der Waals surface area contributed by atoms with Crippen molar-refractivity contribution >= 4 is 17.7 Å². The average molecular weight is 285 g/mol. The summed E-state index contributed by atoms with van der Waals surface area (Å²) >= 11 is 1.95. The van der Waals surface area contributed by atoms with Crippen molar-refractivity contribution in [2.45, 2.75) is 55.4 Å². The summed E-state index contributed by atoms with van der Waals surface area (Å²) in [6.07, 6.45) is 6.24. The second-order valence-electron chi connectivity index (χ2n) is 6.10. The number of thioether (sulfide) groups is 1. The lowest BCUT2D eigenvalue weighted by Crippen LogP contribution is -2.55. The highest BCUT2D eigenvalue weighted by atomic mass is 32.2. The molecule has 19 heavy (non-hydrogen) atoms. The fourth-order valence-corrected chi connectivity index (χ4v) is 4.42. The Bertz CT molecular complexity index is 344. The molecule has 5 heteroatoms. The zero-order valence-corrected chi connectivity index (χ0v) is 12.1. The zero-order valence-electron chi connectivity index (χ0n) is 11.3. The van der Waals surface area contributed by atoms with E-state index in [9.17, 15) is 9.90 Å². The van der Waals surface area contributed by atoms with Gasteiger partial charge < -0.3 is 9.84 Å². The largest absolute Gasteiger partial charge is 0.480 e. The van der Waals surface area contributed by atoms with Crippen molar-refractivity contribution in [3.63, 3.8) is 0 Å². The molecule has 1 heterocycles. The third-order valence-electron chi connectivity index (χ3n) is 4.67. The van der Waals surface area contributed by atoms with Gasteiger partial charge in [-0.3, -0.25) is 10.1 Å². The molecule has 0 bridgehead atoms. The van der Waals surface area contributed by atoms with Gasteiger partial charge in [0.2, 0.25) is 0 Å². The molecule has 2 unspecified atom stereocenters. The predicted octanol–water partition coefficient (Wildman–Crippen LogP) is 1.88. The van der Waals surface area contributed by atoms with Crippen molar-refractivity contribution < 1.29 is 14.6 Å². The molecule has 1 aliphatic heterocycles. The first-order chi connectivity index (χ1) is 9.21. The number of ether oxygens (including phenoxy) is 1. The third-order valence-corrected chi connectivity index (χ3v) is 5.88. The van der Waals surface area contributed by atoms with Crippen molar-refractivity contribution in [1.82, 2.24) is 5.32 Å². The van der Waals surface area contributed by atoms with E-state index in [4.69, 9.17) is 4.74 Å². The summed E-state index contributed by atoms with van der Waals surface area (Å²) in [7, 11) is 0. The molecule has 4 nitrogen and oxygen atoms in total. The number of carboxylic acid groups (broad SMARTS) is 1. The molecule has 2 N–H and O–H groups in total. The lowest BCUT2D eigenvalue weighted by atomic mass is 9.85. The van der Waals surface area contributed by atoms with Crippen molar-refractivity contribution in [2.75, 3.05) is 19.0 Å². The molecular weight excluding hydrogens is 262 g/mol. The van der Waals surface area contributed by atoms with E-state index in [1.165, 1.54) is 0 Å². The van der Waals surface area contributed by atoms with Gasteiger partial charge in [-0.25, -0.2) is 0 Å². The number of hydrogen-bond acceptors (Lipinski definition) is 4. The van der Waals surface area contributed by atoms with Gasteiger partial charge in [-0.05, 0) is 43.8 Å². The van der Waals surface area contributed by atoms with E-state index in [-0.39, 0.29) is 0 Å². The zero-order chi connectivity index (χ0) is 13.3. The molecule has 0 aromatic heterocycles. The Morgan fingerprint density at radius 2 is 2.16 bits per heavy atom. The minimum absolute atomic E-state index is 0.305. The van der Waals surface area contributed by atoms with Crippen molar-refractivity contribution in [3.05, 3.63) is 0 Å². The quantitative estimate of drug-likeness (QED) is 0.748. The maximum Gasteiger partial charge on any atom is 0.324 e. The molecule has 2 atom stereocenters. The van der Waals surface area contributed by atoms with E-state index >= 15 is 0 Å². The summed E-state index contributed by atoms with van der Waals surface area (Å²) in [5.41, 5.74) is -0.627. The molecule has 3 aliphatic rings. The summed E-state index contributed by atoms with van der Waals surface area (Å²) in [6.45, 7) is 1.75. The Balaban J connectivity index is 1.55. The van der Waals surface area contributed by atoms with Crippen LogP contribution in [0.2, 0.25) is 0 Å². The van der Waals surface area contributed by atoms with Gasteiger partial charge in [-0.1, -0.05) is 6.42 Å². The normalized spacial score (nSPS) is 35.3. The SMILES string of the molecule is O=C(O)C1(NC2CC2)CCCC1CCSC1COC1. The molecule has 0 aromatic rings. The van der Waals surface area contributed by atoms with E-state index in [0.717, 1.165) is 57.5 Å². The maximum atomic E-state index is 11.8. The molecule has 0 radical (unpaired) electrons. The summed E-state index contributed by atoms with van der Waals surface area (Å²) in [5, 5.41) is 13.8. The van der Waals surface area contributed by atoms with Crippen LogP contribution in [0.5, 0.6) is 0 Å². The first-order valence-corrected chi connectivity index (χ1v) is 8.46. The third kappa shape index (κ3) is 2.93. The molecule has 3 fully saturated rings. The summed E-state index contributed by atoms with van der Waals surface area (Å²) < 4.78 is 5.17. The molecule has 2 saturated carbocycles. The van der Waals surface area contributed by atoms with E-state index < -0.39 is 11.5 Å². The predicted molar refractivity (Wildman–Crippen MR) is 75.5 cm³/mol.